The van der Waals surface area contributed by atoms with E-state index >= 15 is 0 Å². The van der Waals surface area contributed by atoms with Crippen molar-refractivity contribution >= 4 is 24.0 Å². The highest BCUT2D eigenvalue weighted by Gasteiger charge is 2.51. The highest BCUT2D eigenvalue weighted by atomic mass is 16.5. The van der Waals surface area contributed by atoms with Crippen LogP contribution in [0.3, 0.4) is 0 Å². The minimum Gasteiger partial charge on any atom is -0.452 e. The number of hydrogen-bond donors (Lipinski definition) is 2. The summed E-state index contributed by atoms with van der Waals surface area (Å²) in [5, 5.41) is 5.37. The van der Waals surface area contributed by atoms with Gasteiger partial charge in [0.2, 0.25) is 0 Å². The Morgan fingerprint density at radius 2 is 1.76 bits per heavy atom. The second kappa shape index (κ2) is 8.01. The van der Waals surface area contributed by atoms with Crippen LogP contribution in [0.15, 0.2) is 30.3 Å². The number of hydrogen-bond acceptors (Lipinski definition) is 4. The molecule has 0 aromatic heterocycles. The highest BCUT2D eigenvalue weighted by Crippen LogP contribution is 2.55. The van der Waals surface area contributed by atoms with Crippen LogP contribution in [0.2, 0.25) is 0 Å². The van der Waals surface area contributed by atoms with Crippen LogP contribution in [0.25, 0.3) is 6.08 Å². The largest absolute Gasteiger partial charge is 0.452 e. The van der Waals surface area contributed by atoms with E-state index in [1.54, 1.807) is 6.08 Å². The first-order valence-electron chi connectivity index (χ1n) is 10.4. The third kappa shape index (κ3) is 4.86. The minimum atomic E-state index is -0.622. The molecule has 4 saturated carbocycles. The minimum absolute atomic E-state index is 0.160. The van der Waals surface area contributed by atoms with Crippen molar-refractivity contribution in [1.82, 2.24) is 10.6 Å². The molecular weight excluding hydrogens is 368 g/mol. The summed E-state index contributed by atoms with van der Waals surface area (Å²) < 4.78 is 4.93. The Morgan fingerprint density at radius 3 is 2.38 bits per heavy atom. The molecule has 154 valence electrons. The van der Waals surface area contributed by atoms with Crippen LogP contribution >= 0.6 is 0 Å². The number of urea groups is 1. The number of carbonyl (C=O) groups is 3. The van der Waals surface area contributed by atoms with E-state index in [0.29, 0.717) is 17.8 Å². The maximum atomic E-state index is 12.3. The molecule has 0 saturated heterocycles. The number of nitrogens with one attached hydrogen (secondary N) is 2. The van der Waals surface area contributed by atoms with Crippen molar-refractivity contribution in [3.63, 3.8) is 0 Å². The number of imide groups is 1. The molecule has 4 aliphatic rings. The molecule has 6 nitrogen and oxygen atoms in total. The number of amides is 3. The predicted octanol–water partition coefficient (Wildman–Crippen LogP) is 3.35. The van der Waals surface area contributed by atoms with Crippen LogP contribution < -0.4 is 10.6 Å². The lowest BCUT2D eigenvalue weighted by molar-refractivity contribution is -0.143. The fourth-order valence-corrected chi connectivity index (χ4v) is 5.82. The predicted molar refractivity (Wildman–Crippen MR) is 109 cm³/mol. The maximum Gasteiger partial charge on any atom is 0.331 e. The van der Waals surface area contributed by atoms with E-state index in [1.807, 2.05) is 31.2 Å². The first kappa shape index (κ1) is 19.7. The van der Waals surface area contributed by atoms with Crippen LogP contribution in [-0.4, -0.2) is 30.1 Å². The average Bonchev–Trinajstić information content (AvgIpc) is 2.63. The molecule has 1 aromatic rings. The van der Waals surface area contributed by atoms with Gasteiger partial charge in [0, 0.05) is 11.6 Å². The van der Waals surface area contributed by atoms with Gasteiger partial charge in [0.1, 0.15) is 0 Å². The van der Waals surface area contributed by atoms with Crippen molar-refractivity contribution < 1.29 is 19.1 Å². The maximum absolute atomic E-state index is 12.3. The van der Waals surface area contributed by atoms with Crippen LogP contribution in [0, 0.1) is 24.7 Å². The molecule has 1 aromatic carbocycles. The van der Waals surface area contributed by atoms with Crippen LogP contribution in [0.1, 0.15) is 49.7 Å². The number of benzene rings is 1. The smallest absolute Gasteiger partial charge is 0.331 e. The van der Waals surface area contributed by atoms with Crippen LogP contribution in [-0.2, 0) is 14.3 Å². The Morgan fingerprint density at radius 1 is 1.10 bits per heavy atom. The zero-order valence-electron chi connectivity index (χ0n) is 16.8. The Labute approximate surface area is 171 Å². The van der Waals surface area contributed by atoms with Crippen molar-refractivity contribution in [3.8, 4) is 0 Å². The summed E-state index contributed by atoms with van der Waals surface area (Å²) in [4.78, 5) is 36.1. The normalized spacial score (nSPS) is 29.6. The Kier molecular flexibility index (Phi) is 5.43. The van der Waals surface area contributed by atoms with E-state index < -0.39 is 24.5 Å². The fourth-order valence-electron chi connectivity index (χ4n) is 5.82. The molecule has 2 N–H and O–H groups in total. The van der Waals surface area contributed by atoms with Gasteiger partial charge >= 0.3 is 12.0 Å². The van der Waals surface area contributed by atoms with Crippen molar-refractivity contribution in [2.75, 3.05) is 6.61 Å². The number of esters is 1. The number of rotatable bonds is 5. The third-order valence-electron chi connectivity index (χ3n) is 6.47. The Bertz CT molecular complexity index is 810. The van der Waals surface area contributed by atoms with Crippen molar-refractivity contribution in [3.05, 3.63) is 41.5 Å². The van der Waals surface area contributed by atoms with E-state index in [1.165, 1.54) is 25.3 Å². The summed E-state index contributed by atoms with van der Waals surface area (Å²) in [6, 6.07) is 7.19. The molecule has 4 bridgehead atoms. The molecule has 6 heteroatoms. The van der Waals surface area contributed by atoms with Gasteiger partial charge in [-0.3, -0.25) is 10.1 Å². The lowest BCUT2D eigenvalue weighted by Crippen LogP contribution is -2.62. The summed E-state index contributed by atoms with van der Waals surface area (Å²) in [6.45, 7) is 1.49. The second-order valence-corrected chi connectivity index (χ2v) is 9.06. The first-order chi connectivity index (χ1) is 13.9. The van der Waals surface area contributed by atoms with E-state index in [2.05, 4.69) is 10.6 Å². The molecule has 0 radical (unpaired) electrons. The molecule has 0 unspecified atom stereocenters. The van der Waals surface area contributed by atoms with Gasteiger partial charge in [0.05, 0.1) is 0 Å². The number of aryl methyl sites for hydroxylation is 1. The zero-order chi connectivity index (χ0) is 20.4. The van der Waals surface area contributed by atoms with E-state index in [4.69, 9.17) is 4.74 Å². The molecular formula is C23H28N2O4. The number of ether oxygens (including phenoxy) is 1. The third-order valence-corrected chi connectivity index (χ3v) is 6.47. The summed E-state index contributed by atoms with van der Waals surface area (Å²) in [5.41, 5.74) is 1.80. The van der Waals surface area contributed by atoms with E-state index in [-0.39, 0.29) is 5.54 Å². The zero-order valence-corrected chi connectivity index (χ0v) is 16.8. The van der Waals surface area contributed by atoms with Gasteiger partial charge < -0.3 is 10.1 Å². The van der Waals surface area contributed by atoms with E-state index in [9.17, 15) is 14.4 Å². The molecule has 0 heterocycles. The fraction of sp³-hybridized carbons (Fsp3) is 0.522. The molecule has 5 rings (SSSR count). The Hall–Kier alpha value is -2.63. The van der Waals surface area contributed by atoms with Crippen LogP contribution in [0.5, 0.6) is 0 Å². The molecule has 0 spiro atoms. The summed E-state index contributed by atoms with van der Waals surface area (Å²) in [5.74, 6) is 0.878. The lowest BCUT2D eigenvalue weighted by atomic mass is 9.53. The monoisotopic (exact) mass is 396 g/mol. The highest BCUT2D eigenvalue weighted by molar-refractivity contribution is 5.96. The van der Waals surface area contributed by atoms with Gasteiger partial charge in [-0.2, -0.15) is 0 Å². The second-order valence-electron chi connectivity index (χ2n) is 9.06. The summed E-state index contributed by atoms with van der Waals surface area (Å²) >= 11 is 0. The van der Waals surface area contributed by atoms with Crippen LogP contribution in [0.4, 0.5) is 4.79 Å². The summed E-state index contributed by atoms with van der Waals surface area (Å²) in [7, 11) is 0. The molecule has 4 fully saturated rings. The average molecular weight is 396 g/mol. The van der Waals surface area contributed by atoms with Gasteiger partial charge in [-0.25, -0.2) is 9.59 Å². The van der Waals surface area contributed by atoms with E-state index in [0.717, 1.165) is 30.4 Å². The number of carbonyl (C=O) groups excluding carboxylic acids is 3. The topological polar surface area (TPSA) is 84.5 Å². The molecule has 29 heavy (non-hydrogen) atoms. The van der Waals surface area contributed by atoms with Gasteiger partial charge in [0.25, 0.3) is 5.91 Å². The quantitative estimate of drug-likeness (QED) is 0.590. The van der Waals surface area contributed by atoms with Crippen molar-refractivity contribution in [2.24, 2.45) is 17.8 Å². The molecule has 0 aliphatic heterocycles. The van der Waals surface area contributed by atoms with Gasteiger partial charge in [0.15, 0.2) is 6.61 Å². The van der Waals surface area contributed by atoms with Gasteiger partial charge in [-0.05, 0) is 74.8 Å². The molecule has 3 amide bonds. The van der Waals surface area contributed by atoms with Crippen molar-refractivity contribution in [1.29, 1.82) is 0 Å². The van der Waals surface area contributed by atoms with Gasteiger partial charge in [-0.1, -0.05) is 29.8 Å². The molecule has 0 atom stereocenters. The standard InChI is InChI=1S/C23H28N2O4/c1-15-3-2-4-16(7-15)5-6-21(27)29-14-20(26)24-22(28)25-23-11-17-8-18(12-23)10-19(9-17)13-23/h2-7,17-19H,8-14H2,1H3,(H2,24,25,26,28)/b6-5+. The van der Waals surface area contributed by atoms with Gasteiger partial charge in [-0.15, -0.1) is 0 Å². The summed E-state index contributed by atoms with van der Waals surface area (Å²) in [6.07, 6.45) is 9.80. The Balaban J connectivity index is 1.21. The lowest BCUT2D eigenvalue weighted by Gasteiger charge is -2.56. The van der Waals surface area contributed by atoms with Crippen molar-refractivity contribution in [2.45, 2.75) is 51.0 Å². The first-order valence-corrected chi connectivity index (χ1v) is 10.4. The SMILES string of the molecule is Cc1cccc(/C=C/C(=O)OCC(=O)NC(=O)NC23CC4CC(CC(C4)C2)C3)c1. The molecule has 4 aliphatic carbocycles.